The van der Waals surface area contributed by atoms with E-state index in [1.54, 1.807) is 7.11 Å². The van der Waals surface area contributed by atoms with Crippen LogP contribution in [-0.4, -0.2) is 25.8 Å². The Bertz CT molecular complexity index is 381. The molecule has 1 aliphatic carbocycles. The van der Waals surface area contributed by atoms with Gasteiger partial charge >= 0.3 is 0 Å². The minimum absolute atomic E-state index is 0.126. The first-order chi connectivity index (χ1) is 8.22. The molecule has 0 heterocycles. The molecule has 1 aliphatic rings. The van der Waals surface area contributed by atoms with E-state index in [-0.39, 0.29) is 5.54 Å². The van der Waals surface area contributed by atoms with Crippen LogP contribution in [0.2, 0.25) is 0 Å². The van der Waals surface area contributed by atoms with Gasteiger partial charge in [-0.25, -0.2) is 0 Å². The fourth-order valence-corrected chi connectivity index (χ4v) is 2.64. The lowest BCUT2D eigenvalue weighted by atomic mass is 9.93. The van der Waals surface area contributed by atoms with E-state index in [4.69, 9.17) is 10.5 Å². The molecule has 0 saturated heterocycles. The van der Waals surface area contributed by atoms with Crippen molar-refractivity contribution in [2.45, 2.75) is 18.4 Å². The number of ether oxygens (including phenoxy) is 1. The summed E-state index contributed by atoms with van der Waals surface area (Å²) in [6, 6.07) is 8.12. The smallest absolute Gasteiger partial charge is 0.0756 e. The summed E-state index contributed by atoms with van der Waals surface area (Å²) in [6.07, 6.45) is 2.47. The molecule has 1 unspecified atom stereocenters. The first-order valence-corrected chi connectivity index (χ1v) is 6.73. The van der Waals surface area contributed by atoms with Gasteiger partial charge in [0.15, 0.2) is 0 Å². The van der Waals surface area contributed by atoms with Crippen LogP contribution in [0.1, 0.15) is 12.8 Å². The van der Waals surface area contributed by atoms with E-state index in [0.717, 1.165) is 10.2 Å². The third kappa shape index (κ3) is 2.81. The lowest BCUT2D eigenvalue weighted by Crippen LogP contribution is -2.51. The van der Waals surface area contributed by atoms with Crippen molar-refractivity contribution in [1.29, 1.82) is 0 Å². The highest BCUT2D eigenvalue weighted by Gasteiger charge is 2.44. The van der Waals surface area contributed by atoms with E-state index in [0.29, 0.717) is 19.1 Å². The quantitative estimate of drug-likeness (QED) is 0.849. The number of nitrogens with two attached hydrogens (primary N) is 1. The third-order valence-corrected chi connectivity index (χ3v) is 4.07. The van der Waals surface area contributed by atoms with Crippen LogP contribution in [0, 0.1) is 5.92 Å². The van der Waals surface area contributed by atoms with E-state index in [1.807, 2.05) is 18.2 Å². The fourth-order valence-electron chi connectivity index (χ4n) is 2.26. The van der Waals surface area contributed by atoms with Crippen molar-refractivity contribution in [2.75, 3.05) is 25.6 Å². The number of rotatable bonds is 6. The first kappa shape index (κ1) is 12.9. The zero-order valence-electron chi connectivity index (χ0n) is 10.1. The number of benzene rings is 1. The molecule has 0 aliphatic heterocycles. The Morgan fingerprint density at radius 2 is 2.18 bits per heavy atom. The highest BCUT2D eigenvalue weighted by Crippen LogP contribution is 2.42. The van der Waals surface area contributed by atoms with E-state index >= 15 is 0 Å². The fraction of sp³-hybridized carbons (Fsp3) is 0.538. The summed E-state index contributed by atoms with van der Waals surface area (Å²) in [7, 11) is 1.73. The topological polar surface area (TPSA) is 47.3 Å². The van der Waals surface area contributed by atoms with Crippen LogP contribution in [-0.2, 0) is 4.74 Å². The summed E-state index contributed by atoms with van der Waals surface area (Å²) in [6.45, 7) is 1.24. The molecule has 0 bridgehead atoms. The van der Waals surface area contributed by atoms with Crippen LogP contribution in [0.3, 0.4) is 0 Å². The number of hydrogen-bond donors (Lipinski definition) is 2. The van der Waals surface area contributed by atoms with Crippen molar-refractivity contribution in [2.24, 2.45) is 11.7 Å². The molecule has 0 spiro atoms. The number of hydrogen-bond acceptors (Lipinski definition) is 3. The first-order valence-electron chi connectivity index (χ1n) is 5.93. The number of nitrogens with one attached hydrogen (secondary N) is 1. The molecule has 0 radical (unpaired) electrons. The molecule has 1 aromatic rings. The monoisotopic (exact) mass is 298 g/mol. The number of anilines is 1. The van der Waals surface area contributed by atoms with Crippen molar-refractivity contribution in [3.8, 4) is 0 Å². The Balaban J connectivity index is 2.20. The van der Waals surface area contributed by atoms with Crippen molar-refractivity contribution >= 4 is 21.6 Å². The molecule has 94 valence electrons. The third-order valence-electron chi connectivity index (χ3n) is 3.38. The maximum absolute atomic E-state index is 5.97. The minimum atomic E-state index is -0.126. The van der Waals surface area contributed by atoms with Crippen LogP contribution >= 0.6 is 15.9 Å². The molecule has 1 aromatic carbocycles. The van der Waals surface area contributed by atoms with Gasteiger partial charge in [0.05, 0.1) is 12.1 Å². The second-order valence-electron chi connectivity index (χ2n) is 4.67. The van der Waals surface area contributed by atoms with Crippen LogP contribution in [0.25, 0.3) is 0 Å². The lowest BCUT2D eigenvalue weighted by molar-refractivity contribution is 0.134. The average Bonchev–Trinajstić information content (AvgIpc) is 3.15. The Morgan fingerprint density at radius 3 is 2.71 bits per heavy atom. The molecule has 1 atom stereocenters. The van der Waals surface area contributed by atoms with Crippen molar-refractivity contribution in [3.63, 3.8) is 0 Å². The van der Waals surface area contributed by atoms with Crippen LogP contribution in [0.4, 0.5) is 5.69 Å². The van der Waals surface area contributed by atoms with Gasteiger partial charge in [-0.15, -0.1) is 0 Å². The van der Waals surface area contributed by atoms with Crippen LogP contribution in [0.15, 0.2) is 28.7 Å². The Hall–Kier alpha value is -0.580. The Labute approximate surface area is 111 Å². The summed E-state index contributed by atoms with van der Waals surface area (Å²) in [4.78, 5) is 0. The SMILES string of the molecule is COCC(CN)(Nc1ccccc1Br)C1CC1. The Morgan fingerprint density at radius 1 is 1.47 bits per heavy atom. The van der Waals surface area contributed by atoms with Gasteiger partial charge in [-0.2, -0.15) is 0 Å². The van der Waals surface area contributed by atoms with Gasteiger partial charge in [0, 0.05) is 23.8 Å². The van der Waals surface area contributed by atoms with E-state index < -0.39 is 0 Å². The van der Waals surface area contributed by atoms with Gasteiger partial charge in [0.25, 0.3) is 0 Å². The summed E-state index contributed by atoms with van der Waals surface area (Å²) >= 11 is 3.55. The molecule has 0 aromatic heterocycles. The number of methoxy groups -OCH3 is 1. The van der Waals surface area contributed by atoms with Gasteiger partial charge in [-0.3, -0.25) is 0 Å². The maximum Gasteiger partial charge on any atom is 0.0756 e. The maximum atomic E-state index is 5.97. The molecule has 1 fully saturated rings. The summed E-state index contributed by atoms with van der Waals surface area (Å²) in [5.41, 5.74) is 6.93. The second-order valence-corrected chi connectivity index (χ2v) is 5.53. The van der Waals surface area contributed by atoms with Crippen molar-refractivity contribution in [1.82, 2.24) is 0 Å². The lowest BCUT2D eigenvalue weighted by Gasteiger charge is -2.34. The predicted molar refractivity (Wildman–Crippen MR) is 74.2 cm³/mol. The summed E-state index contributed by atoms with van der Waals surface area (Å²) < 4.78 is 6.42. The van der Waals surface area contributed by atoms with Gasteiger partial charge < -0.3 is 15.8 Å². The van der Waals surface area contributed by atoms with E-state index in [9.17, 15) is 0 Å². The van der Waals surface area contributed by atoms with Crippen LogP contribution < -0.4 is 11.1 Å². The normalized spacial score (nSPS) is 18.8. The van der Waals surface area contributed by atoms with Gasteiger partial charge in [-0.1, -0.05) is 12.1 Å². The van der Waals surface area contributed by atoms with E-state index in [2.05, 4.69) is 27.3 Å². The van der Waals surface area contributed by atoms with Gasteiger partial charge in [0.2, 0.25) is 0 Å². The molecule has 1 saturated carbocycles. The average molecular weight is 299 g/mol. The molecular weight excluding hydrogens is 280 g/mol. The highest BCUT2D eigenvalue weighted by atomic mass is 79.9. The molecule has 3 N–H and O–H groups in total. The summed E-state index contributed by atoms with van der Waals surface area (Å²) in [5, 5.41) is 3.58. The number of halogens is 1. The van der Waals surface area contributed by atoms with Crippen molar-refractivity contribution < 1.29 is 4.74 Å². The number of para-hydroxylation sites is 1. The highest BCUT2D eigenvalue weighted by molar-refractivity contribution is 9.10. The predicted octanol–water partition coefficient (Wildman–Crippen LogP) is 2.61. The van der Waals surface area contributed by atoms with Crippen LogP contribution in [0.5, 0.6) is 0 Å². The van der Waals surface area contributed by atoms with Crippen molar-refractivity contribution in [3.05, 3.63) is 28.7 Å². The molecule has 4 heteroatoms. The minimum Gasteiger partial charge on any atom is -0.382 e. The van der Waals surface area contributed by atoms with E-state index in [1.165, 1.54) is 12.8 Å². The van der Waals surface area contributed by atoms with Gasteiger partial charge in [0.1, 0.15) is 0 Å². The summed E-state index contributed by atoms with van der Waals surface area (Å²) in [5.74, 6) is 0.625. The molecule has 2 rings (SSSR count). The second kappa shape index (κ2) is 5.38. The van der Waals surface area contributed by atoms with Gasteiger partial charge in [-0.05, 0) is 46.8 Å². The molecule has 0 amide bonds. The zero-order chi connectivity index (χ0) is 12.3. The Kier molecular flexibility index (Phi) is 4.07. The molecule has 17 heavy (non-hydrogen) atoms. The standard InChI is InChI=1S/C13H19BrN2O/c1-17-9-13(8-15,10-6-7-10)16-12-5-3-2-4-11(12)14/h2-5,10,16H,6-9,15H2,1H3. The molecule has 3 nitrogen and oxygen atoms in total. The molecular formula is C13H19BrN2O. The largest absolute Gasteiger partial charge is 0.382 e. The zero-order valence-corrected chi connectivity index (χ0v) is 11.7.